The number of halogens is 1. The highest BCUT2D eigenvalue weighted by Crippen LogP contribution is 2.15. The van der Waals surface area contributed by atoms with E-state index < -0.39 is 11.9 Å². The number of nitrogens with two attached hydrogens (primary N) is 1. The van der Waals surface area contributed by atoms with Gasteiger partial charge < -0.3 is 25.9 Å². The number of carbonyl (C=O) groups excluding carboxylic acids is 3. The highest BCUT2D eigenvalue weighted by molar-refractivity contribution is 6.30. The second kappa shape index (κ2) is 12.8. The highest BCUT2D eigenvalue weighted by atomic mass is 35.5. The minimum absolute atomic E-state index is 0.0920. The lowest BCUT2D eigenvalue weighted by atomic mass is 10.0. The van der Waals surface area contributed by atoms with Crippen molar-refractivity contribution in [2.75, 3.05) is 7.11 Å². The van der Waals surface area contributed by atoms with E-state index in [-0.39, 0.29) is 18.7 Å². The van der Waals surface area contributed by atoms with E-state index in [0.717, 1.165) is 28.5 Å². The molecule has 0 saturated heterocycles. The van der Waals surface area contributed by atoms with E-state index in [1.807, 2.05) is 30.3 Å². The van der Waals surface area contributed by atoms with E-state index in [2.05, 4.69) is 10.6 Å². The van der Waals surface area contributed by atoms with Crippen molar-refractivity contribution in [3.8, 4) is 0 Å². The van der Waals surface area contributed by atoms with Crippen LogP contribution in [0.5, 0.6) is 0 Å². The lowest BCUT2D eigenvalue weighted by Gasteiger charge is -2.17. The van der Waals surface area contributed by atoms with Crippen molar-refractivity contribution in [2.45, 2.75) is 45.0 Å². The van der Waals surface area contributed by atoms with Crippen LogP contribution in [0.1, 0.15) is 35.1 Å². The van der Waals surface area contributed by atoms with Crippen LogP contribution in [0.25, 0.3) is 0 Å². The largest absolute Gasteiger partial charge is 0.380 e. The van der Waals surface area contributed by atoms with Crippen molar-refractivity contribution in [3.63, 3.8) is 0 Å². The summed E-state index contributed by atoms with van der Waals surface area (Å²) in [5, 5.41) is 6.66. The van der Waals surface area contributed by atoms with Crippen LogP contribution in [0.3, 0.4) is 0 Å². The van der Waals surface area contributed by atoms with Crippen LogP contribution in [0, 0.1) is 0 Å². The zero-order valence-electron chi connectivity index (χ0n) is 17.5. The molecule has 2 aromatic carbocycles. The predicted octanol–water partition coefficient (Wildman–Crippen LogP) is 2.27. The number of nitrogens with one attached hydrogen (secondary N) is 2. The molecule has 0 saturated carbocycles. The molecule has 2 amide bonds. The summed E-state index contributed by atoms with van der Waals surface area (Å²) in [5.41, 5.74) is 9.13. The second-order valence-electron chi connectivity index (χ2n) is 7.20. The van der Waals surface area contributed by atoms with Gasteiger partial charge in [-0.3, -0.25) is 9.59 Å². The first-order chi connectivity index (χ1) is 14.9. The molecule has 4 N–H and O–H groups in total. The Kier molecular flexibility index (Phi) is 10.2. The Bertz CT molecular complexity index is 887. The monoisotopic (exact) mass is 445 g/mol. The minimum Gasteiger partial charge on any atom is -0.380 e. The number of amides is 2. The lowest BCUT2D eigenvalue weighted by Crippen LogP contribution is -2.41. The molecule has 0 aliphatic rings. The molecule has 0 radical (unpaired) electrons. The van der Waals surface area contributed by atoms with Gasteiger partial charge in [-0.1, -0.05) is 41.9 Å². The van der Waals surface area contributed by atoms with Crippen LogP contribution >= 0.6 is 11.6 Å². The Morgan fingerprint density at radius 1 is 1.10 bits per heavy atom. The summed E-state index contributed by atoms with van der Waals surface area (Å²) in [6.45, 7) is 1.17. The second-order valence-corrected chi connectivity index (χ2v) is 7.63. The van der Waals surface area contributed by atoms with Gasteiger partial charge in [-0.2, -0.15) is 0 Å². The molecular formula is C23H28ClN3O4. The number of rotatable bonds is 13. The van der Waals surface area contributed by atoms with Crippen molar-refractivity contribution in [1.29, 1.82) is 0 Å². The van der Waals surface area contributed by atoms with Crippen molar-refractivity contribution in [3.05, 3.63) is 69.7 Å². The molecule has 166 valence electrons. The van der Waals surface area contributed by atoms with Gasteiger partial charge in [0.2, 0.25) is 11.8 Å². The van der Waals surface area contributed by atoms with Gasteiger partial charge in [-0.25, -0.2) is 0 Å². The third-order valence-corrected chi connectivity index (χ3v) is 5.05. The van der Waals surface area contributed by atoms with Crippen LogP contribution in [0.4, 0.5) is 0 Å². The number of ether oxygens (including phenoxy) is 1. The number of primary amides is 1. The van der Waals surface area contributed by atoms with Gasteiger partial charge in [-0.05, 0) is 40.8 Å². The molecule has 1 atom stereocenters. The van der Waals surface area contributed by atoms with E-state index in [1.165, 1.54) is 0 Å². The number of benzene rings is 2. The summed E-state index contributed by atoms with van der Waals surface area (Å²) in [6, 6.07) is 12.4. The van der Waals surface area contributed by atoms with E-state index in [9.17, 15) is 14.4 Å². The van der Waals surface area contributed by atoms with Gasteiger partial charge in [0.05, 0.1) is 19.1 Å². The van der Waals surface area contributed by atoms with Crippen LogP contribution in [0.2, 0.25) is 5.02 Å². The molecule has 2 aromatic rings. The fraction of sp³-hybridized carbons (Fsp3) is 0.348. The summed E-state index contributed by atoms with van der Waals surface area (Å²) in [4.78, 5) is 34.5. The van der Waals surface area contributed by atoms with E-state index >= 15 is 0 Å². The third kappa shape index (κ3) is 8.49. The average molecular weight is 446 g/mol. The quantitative estimate of drug-likeness (QED) is 0.409. The molecule has 0 aliphatic heterocycles. The fourth-order valence-electron chi connectivity index (χ4n) is 3.11. The molecule has 0 heterocycles. The summed E-state index contributed by atoms with van der Waals surface area (Å²) in [7, 11) is 1.61. The first-order valence-corrected chi connectivity index (χ1v) is 10.4. The van der Waals surface area contributed by atoms with E-state index in [4.69, 9.17) is 22.1 Å². The maximum atomic E-state index is 12.3. The number of aldehydes is 1. The standard InChI is InChI=1S/C23H28ClN3O4/c1-31-15-18-7-4-17(11-19(18)14-26-21(23(25)30)3-2-10-28)13-27-22(29)12-16-5-8-20(24)9-6-16/h4-11,21,26H,2-3,12-15H2,1H3,(H2,25,30)(H,27,29). The van der Waals surface area contributed by atoms with Gasteiger partial charge in [-0.15, -0.1) is 0 Å². The summed E-state index contributed by atoms with van der Waals surface area (Å²) >= 11 is 5.87. The third-order valence-electron chi connectivity index (χ3n) is 4.79. The fourth-order valence-corrected chi connectivity index (χ4v) is 3.24. The van der Waals surface area contributed by atoms with Crippen molar-refractivity contribution in [1.82, 2.24) is 10.6 Å². The smallest absolute Gasteiger partial charge is 0.234 e. The molecule has 0 aliphatic carbocycles. The Hall–Kier alpha value is -2.74. The van der Waals surface area contributed by atoms with E-state index in [0.29, 0.717) is 31.1 Å². The first kappa shape index (κ1) is 24.5. The maximum Gasteiger partial charge on any atom is 0.234 e. The van der Waals surface area contributed by atoms with Crippen molar-refractivity contribution in [2.24, 2.45) is 5.73 Å². The highest BCUT2D eigenvalue weighted by Gasteiger charge is 2.15. The number of hydrogen-bond donors (Lipinski definition) is 3. The Morgan fingerprint density at radius 2 is 1.81 bits per heavy atom. The number of methoxy groups -OCH3 is 1. The van der Waals surface area contributed by atoms with E-state index in [1.54, 1.807) is 19.2 Å². The molecule has 2 rings (SSSR count). The van der Waals surface area contributed by atoms with Crippen molar-refractivity contribution >= 4 is 29.7 Å². The van der Waals surface area contributed by atoms with Crippen LogP contribution < -0.4 is 16.4 Å². The maximum absolute atomic E-state index is 12.3. The van der Waals surface area contributed by atoms with Crippen LogP contribution in [0.15, 0.2) is 42.5 Å². The predicted molar refractivity (Wildman–Crippen MR) is 119 cm³/mol. The normalized spacial score (nSPS) is 11.7. The van der Waals surface area contributed by atoms with Crippen molar-refractivity contribution < 1.29 is 19.1 Å². The van der Waals surface area contributed by atoms with Gasteiger partial charge >= 0.3 is 0 Å². The Balaban J connectivity index is 2.00. The summed E-state index contributed by atoms with van der Waals surface area (Å²) < 4.78 is 5.26. The minimum atomic E-state index is -0.594. The number of carbonyl (C=O) groups is 3. The Labute approximate surface area is 187 Å². The molecule has 0 spiro atoms. The first-order valence-electron chi connectivity index (χ1n) is 10.00. The molecule has 0 aromatic heterocycles. The average Bonchev–Trinajstić information content (AvgIpc) is 2.75. The summed E-state index contributed by atoms with van der Waals surface area (Å²) in [6.07, 6.45) is 1.63. The lowest BCUT2D eigenvalue weighted by molar-refractivity contribution is -0.121. The van der Waals surface area contributed by atoms with Crippen LogP contribution in [-0.2, 0) is 45.2 Å². The Morgan fingerprint density at radius 3 is 2.45 bits per heavy atom. The summed E-state index contributed by atoms with van der Waals surface area (Å²) in [5.74, 6) is -0.591. The SMILES string of the molecule is COCc1ccc(CNC(=O)Cc2ccc(Cl)cc2)cc1CNC(CCC=O)C(N)=O. The molecular weight excluding hydrogens is 418 g/mol. The van der Waals surface area contributed by atoms with Crippen LogP contribution in [-0.4, -0.2) is 31.3 Å². The van der Waals surface area contributed by atoms with Gasteiger partial charge in [0.1, 0.15) is 6.29 Å². The van der Waals surface area contributed by atoms with Gasteiger partial charge in [0.25, 0.3) is 0 Å². The molecule has 1 unspecified atom stereocenters. The molecule has 0 fully saturated rings. The molecule has 7 nitrogen and oxygen atoms in total. The molecule has 31 heavy (non-hydrogen) atoms. The topological polar surface area (TPSA) is 111 Å². The van der Waals surface area contributed by atoms with Gasteiger partial charge in [0, 0.05) is 31.6 Å². The zero-order chi connectivity index (χ0) is 22.6. The van der Waals surface area contributed by atoms with Gasteiger partial charge in [0.15, 0.2) is 0 Å². The number of hydrogen-bond acceptors (Lipinski definition) is 5. The zero-order valence-corrected chi connectivity index (χ0v) is 18.3. The molecule has 0 bridgehead atoms. The molecule has 8 heteroatoms.